The van der Waals surface area contributed by atoms with Gasteiger partial charge in [-0.3, -0.25) is 0 Å². The lowest BCUT2D eigenvalue weighted by Gasteiger charge is -2.42. The van der Waals surface area contributed by atoms with Gasteiger partial charge in [0.05, 0.1) is 17.4 Å². The minimum Gasteiger partial charge on any atom is -0.468 e. The third-order valence-electron chi connectivity index (χ3n) is 9.53. The molecule has 0 radical (unpaired) electrons. The van der Waals surface area contributed by atoms with Gasteiger partial charge in [0.15, 0.2) is 0 Å². The van der Waals surface area contributed by atoms with Gasteiger partial charge in [-0.15, -0.1) is 0 Å². The maximum atomic E-state index is 6.89. The fourth-order valence-electron chi connectivity index (χ4n) is 7.66. The Morgan fingerprint density at radius 2 is 1.27 bits per heavy atom. The number of rotatable bonds is 3. The van der Waals surface area contributed by atoms with Crippen LogP contribution in [0.5, 0.6) is 0 Å². The molecule has 0 amide bonds. The van der Waals surface area contributed by atoms with E-state index >= 15 is 0 Å². The molecular weight excluding hydrogens is 551 g/mol. The largest absolute Gasteiger partial charge is 0.468 e. The lowest BCUT2D eigenvalue weighted by atomic mass is 9.37. The van der Waals surface area contributed by atoms with Gasteiger partial charge in [-0.1, -0.05) is 97.1 Å². The van der Waals surface area contributed by atoms with Crippen molar-refractivity contribution < 1.29 is 8.83 Å². The molecule has 5 aromatic carbocycles. The molecular formula is C40H27BN2O2. The lowest BCUT2D eigenvalue weighted by molar-refractivity contribution is 0.635. The second kappa shape index (κ2) is 9.41. The zero-order chi connectivity index (χ0) is 29.5. The lowest BCUT2D eigenvalue weighted by Crippen LogP contribution is -2.61. The number of hydrogen-bond donors (Lipinski definition) is 0. The van der Waals surface area contributed by atoms with Crippen LogP contribution in [0, 0.1) is 0 Å². The van der Waals surface area contributed by atoms with Crippen LogP contribution in [-0.4, -0.2) is 12.8 Å². The zero-order valence-electron chi connectivity index (χ0n) is 24.4. The van der Waals surface area contributed by atoms with Crippen molar-refractivity contribution in [3.63, 3.8) is 0 Å². The van der Waals surface area contributed by atoms with E-state index in [0.717, 1.165) is 62.4 Å². The Labute approximate surface area is 261 Å². The molecule has 0 N–H and O–H groups in total. The summed E-state index contributed by atoms with van der Waals surface area (Å²) in [6.07, 6.45) is 9.79. The van der Waals surface area contributed by atoms with Crippen LogP contribution >= 0.6 is 0 Å². The molecule has 45 heavy (non-hydrogen) atoms. The summed E-state index contributed by atoms with van der Waals surface area (Å²) in [6, 6.07) is 43.2. The van der Waals surface area contributed by atoms with Gasteiger partial charge in [0.25, 0.3) is 0 Å². The first-order chi connectivity index (χ1) is 22.3. The van der Waals surface area contributed by atoms with Gasteiger partial charge in [0, 0.05) is 27.8 Å². The van der Waals surface area contributed by atoms with E-state index in [0.29, 0.717) is 0 Å². The predicted molar refractivity (Wildman–Crippen MR) is 186 cm³/mol. The molecule has 0 spiro atoms. The molecule has 1 aliphatic carbocycles. The fourth-order valence-corrected chi connectivity index (χ4v) is 7.66. The number of allylic oxidation sites excluding steroid dienone is 2. The molecule has 0 saturated carbocycles. The third kappa shape index (κ3) is 3.49. The highest BCUT2D eigenvalue weighted by atomic mass is 16.3. The third-order valence-corrected chi connectivity index (χ3v) is 9.53. The summed E-state index contributed by atoms with van der Waals surface area (Å²) in [5.41, 5.74) is 12.9. The Morgan fingerprint density at radius 1 is 0.600 bits per heavy atom. The van der Waals surface area contributed by atoms with Gasteiger partial charge >= 0.3 is 6.71 Å². The monoisotopic (exact) mass is 578 g/mol. The summed E-state index contributed by atoms with van der Waals surface area (Å²) in [5, 5.41) is 2.22. The number of para-hydroxylation sites is 2. The number of furan rings is 2. The van der Waals surface area contributed by atoms with Crippen LogP contribution in [0.1, 0.15) is 6.42 Å². The van der Waals surface area contributed by atoms with Gasteiger partial charge in [-0.25, -0.2) is 0 Å². The summed E-state index contributed by atoms with van der Waals surface area (Å²) in [6.45, 7) is -0.186. The van der Waals surface area contributed by atoms with E-state index in [9.17, 15) is 0 Å². The normalized spacial score (nSPS) is 16.3. The highest BCUT2D eigenvalue weighted by molar-refractivity contribution is 6.99. The quantitative estimate of drug-likeness (QED) is 0.197. The molecule has 3 aliphatic rings. The smallest absolute Gasteiger partial charge is 0.342 e. The summed E-state index contributed by atoms with van der Waals surface area (Å²) < 4.78 is 13.8. The van der Waals surface area contributed by atoms with Crippen molar-refractivity contribution in [2.75, 3.05) is 9.80 Å². The molecule has 212 valence electrons. The van der Waals surface area contributed by atoms with Crippen molar-refractivity contribution in [3.05, 3.63) is 146 Å². The summed E-state index contributed by atoms with van der Waals surface area (Å²) >= 11 is 0. The molecule has 2 aliphatic heterocycles. The summed E-state index contributed by atoms with van der Waals surface area (Å²) in [5.74, 6) is 0. The minimum atomic E-state index is -0.186. The van der Waals surface area contributed by atoms with Crippen LogP contribution < -0.4 is 26.6 Å². The minimum absolute atomic E-state index is 0.161. The molecule has 4 heterocycles. The molecule has 1 unspecified atom stereocenters. The topological polar surface area (TPSA) is 32.8 Å². The van der Waals surface area contributed by atoms with Crippen LogP contribution in [0.2, 0.25) is 0 Å². The second-order valence-corrected chi connectivity index (χ2v) is 12.0. The Hall–Kier alpha value is -5.68. The van der Waals surface area contributed by atoms with Gasteiger partial charge in [-0.2, -0.15) is 0 Å². The SMILES string of the molecule is C1=CCC(N2c3cccc4c3B(c3oc5ccccc5c3N4c3cccc(-c4ccccc4)c3)c3oc4ccccc4c32)C=C1. The van der Waals surface area contributed by atoms with E-state index in [4.69, 9.17) is 8.83 Å². The second-order valence-electron chi connectivity index (χ2n) is 12.0. The Kier molecular flexibility index (Phi) is 5.17. The fraction of sp³-hybridized carbons (Fsp3) is 0.0500. The number of nitrogens with zero attached hydrogens (tertiary/aromatic N) is 2. The van der Waals surface area contributed by atoms with Crippen molar-refractivity contribution in [1.29, 1.82) is 0 Å². The van der Waals surface area contributed by atoms with Crippen LogP contribution in [-0.2, 0) is 0 Å². The van der Waals surface area contributed by atoms with Gasteiger partial charge in [-0.05, 0) is 71.5 Å². The molecule has 0 fully saturated rings. The van der Waals surface area contributed by atoms with Gasteiger partial charge < -0.3 is 18.6 Å². The van der Waals surface area contributed by atoms with E-state index in [1.54, 1.807) is 0 Å². The molecule has 10 rings (SSSR count). The molecule has 0 saturated heterocycles. The highest BCUT2D eigenvalue weighted by Gasteiger charge is 2.50. The standard InChI is InChI=1S/C40H27BN2O2/c1-3-13-26(14-4-1)27-15-11-18-29(25-27)43-33-22-12-21-32-36(33)41(40-38(43)31-20-8-10-24-35(31)45-40)39-37(30-19-7-9-23-34(30)44-39)42(32)28-16-5-2-6-17-28/h1-16,18-25,28H,17H2. The number of benzene rings is 5. The van der Waals surface area contributed by atoms with Gasteiger partial charge in [0.2, 0.25) is 0 Å². The van der Waals surface area contributed by atoms with E-state index in [2.05, 4.69) is 149 Å². The van der Waals surface area contributed by atoms with Crippen molar-refractivity contribution >= 4 is 73.9 Å². The Morgan fingerprint density at radius 3 is 2.04 bits per heavy atom. The van der Waals surface area contributed by atoms with E-state index in [1.165, 1.54) is 22.3 Å². The summed E-state index contributed by atoms with van der Waals surface area (Å²) in [4.78, 5) is 4.91. The first-order valence-corrected chi connectivity index (χ1v) is 15.6. The van der Waals surface area contributed by atoms with Crippen LogP contribution in [0.3, 0.4) is 0 Å². The molecule has 0 bridgehead atoms. The first-order valence-electron chi connectivity index (χ1n) is 15.6. The molecule has 1 atom stereocenters. The van der Waals surface area contributed by atoms with E-state index < -0.39 is 0 Å². The zero-order valence-corrected chi connectivity index (χ0v) is 24.4. The van der Waals surface area contributed by atoms with Gasteiger partial charge in [0.1, 0.15) is 22.5 Å². The maximum absolute atomic E-state index is 6.89. The number of anilines is 5. The highest BCUT2D eigenvalue weighted by Crippen LogP contribution is 2.47. The predicted octanol–water partition coefficient (Wildman–Crippen LogP) is 8.48. The average Bonchev–Trinajstić information content (AvgIpc) is 3.68. The number of hydrogen-bond acceptors (Lipinski definition) is 4. The van der Waals surface area contributed by atoms with Crippen molar-refractivity contribution in [1.82, 2.24) is 0 Å². The van der Waals surface area contributed by atoms with Crippen LogP contribution in [0.25, 0.3) is 33.1 Å². The van der Waals surface area contributed by atoms with Crippen LogP contribution in [0.15, 0.2) is 154 Å². The van der Waals surface area contributed by atoms with Crippen molar-refractivity contribution in [3.8, 4) is 11.1 Å². The van der Waals surface area contributed by atoms with E-state index in [1.807, 2.05) is 6.07 Å². The Balaban J connectivity index is 1.29. The molecule has 5 heteroatoms. The first kappa shape index (κ1) is 24.7. The maximum Gasteiger partial charge on any atom is 0.342 e. The molecule has 4 nitrogen and oxygen atoms in total. The van der Waals surface area contributed by atoms with Crippen molar-refractivity contribution in [2.24, 2.45) is 0 Å². The van der Waals surface area contributed by atoms with Crippen LogP contribution in [0.4, 0.5) is 28.4 Å². The molecule has 2 aromatic heterocycles. The molecule has 7 aromatic rings. The van der Waals surface area contributed by atoms with E-state index in [-0.39, 0.29) is 12.8 Å². The van der Waals surface area contributed by atoms with Crippen molar-refractivity contribution in [2.45, 2.75) is 12.5 Å². The number of fused-ring (bicyclic) bond motifs is 8. The average molecular weight is 578 g/mol. The summed E-state index contributed by atoms with van der Waals surface area (Å²) in [7, 11) is 0. The Bertz CT molecular complexity index is 2350.